The van der Waals surface area contributed by atoms with Crippen LogP contribution in [0, 0.1) is 5.92 Å². The Balaban J connectivity index is 2.08. The zero-order valence-corrected chi connectivity index (χ0v) is 13.3. The van der Waals surface area contributed by atoms with Gasteiger partial charge in [0.15, 0.2) is 0 Å². The Hall–Kier alpha value is -0.320. The van der Waals surface area contributed by atoms with Crippen LogP contribution in [0.25, 0.3) is 0 Å². The summed E-state index contributed by atoms with van der Waals surface area (Å²) in [6, 6.07) is 5.91. The maximum Gasteiger partial charge on any atom is 0.0640 e. The Morgan fingerprint density at radius 1 is 1.35 bits per heavy atom. The number of methoxy groups -OCH3 is 1. The average Bonchev–Trinajstić information content (AvgIpc) is 2.46. The van der Waals surface area contributed by atoms with Crippen molar-refractivity contribution in [2.24, 2.45) is 11.7 Å². The summed E-state index contributed by atoms with van der Waals surface area (Å²) in [5, 5.41) is 1.22. The van der Waals surface area contributed by atoms with Crippen LogP contribution < -0.4 is 5.73 Å². The molecule has 0 amide bonds. The van der Waals surface area contributed by atoms with E-state index in [1.807, 2.05) is 18.2 Å². The van der Waals surface area contributed by atoms with E-state index >= 15 is 0 Å². The molecule has 0 spiro atoms. The highest BCUT2D eigenvalue weighted by Crippen LogP contribution is 2.34. The molecule has 1 fully saturated rings. The van der Waals surface area contributed by atoms with Crippen LogP contribution in [0.4, 0.5) is 0 Å². The summed E-state index contributed by atoms with van der Waals surface area (Å²) < 4.78 is 5.24. The zero-order chi connectivity index (χ0) is 14.5. The van der Waals surface area contributed by atoms with Crippen molar-refractivity contribution in [3.63, 3.8) is 0 Å². The Bertz CT molecular complexity index is 434. The molecule has 2 N–H and O–H groups in total. The van der Waals surface area contributed by atoms with Crippen molar-refractivity contribution in [1.29, 1.82) is 0 Å². The van der Waals surface area contributed by atoms with Gasteiger partial charge >= 0.3 is 0 Å². The summed E-state index contributed by atoms with van der Waals surface area (Å²) in [7, 11) is 1.76. The van der Waals surface area contributed by atoms with E-state index in [4.69, 9.17) is 33.7 Å². The number of hydrogen-bond acceptors (Lipinski definition) is 3. The first kappa shape index (κ1) is 16.1. The van der Waals surface area contributed by atoms with Gasteiger partial charge in [-0.1, -0.05) is 35.3 Å². The van der Waals surface area contributed by atoms with Gasteiger partial charge in [-0.05, 0) is 43.5 Å². The van der Waals surface area contributed by atoms with Gasteiger partial charge in [-0.15, -0.1) is 0 Å². The number of nitrogens with zero attached hydrogens (tertiary/aromatic N) is 1. The van der Waals surface area contributed by atoms with Crippen LogP contribution in [-0.2, 0) is 4.74 Å². The largest absolute Gasteiger partial charge is 0.384 e. The number of piperidine rings is 1. The molecule has 1 saturated heterocycles. The Morgan fingerprint density at radius 2 is 2.05 bits per heavy atom. The minimum atomic E-state index is 0.143. The minimum Gasteiger partial charge on any atom is -0.384 e. The number of nitrogens with two attached hydrogens (primary N) is 1. The molecule has 1 atom stereocenters. The first-order valence-electron chi connectivity index (χ1n) is 7.04. The molecule has 1 aromatic rings. The molecule has 0 aliphatic carbocycles. The summed E-state index contributed by atoms with van der Waals surface area (Å²) in [6.07, 6.45) is 2.28. The fourth-order valence-corrected chi connectivity index (χ4v) is 3.35. The van der Waals surface area contributed by atoms with E-state index in [9.17, 15) is 0 Å². The molecule has 1 aliphatic heterocycles. The van der Waals surface area contributed by atoms with Crippen LogP contribution in [0.3, 0.4) is 0 Å². The molecule has 0 aromatic heterocycles. The molecule has 0 bridgehead atoms. The van der Waals surface area contributed by atoms with Crippen molar-refractivity contribution >= 4 is 23.2 Å². The monoisotopic (exact) mass is 316 g/mol. The van der Waals surface area contributed by atoms with E-state index in [2.05, 4.69) is 4.90 Å². The zero-order valence-electron chi connectivity index (χ0n) is 11.8. The lowest BCUT2D eigenvalue weighted by Crippen LogP contribution is -2.40. The topological polar surface area (TPSA) is 38.5 Å². The van der Waals surface area contributed by atoms with Crippen molar-refractivity contribution in [3.8, 4) is 0 Å². The Kier molecular flexibility index (Phi) is 6.12. The highest BCUT2D eigenvalue weighted by atomic mass is 35.5. The van der Waals surface area contributed by atoms with Gasteiger partial charge in [-0.25, -0.2) is 0 Å². The molecule has 20 heavy (non-hydrogen) atoms. The highest BCUT2D eigenvalue weighted by molar-refractivity contribution is 6.42. The van der Waals surface area contributed by atoms with Crippen molar-refractivity contribution in [3.05, 3.63) is 33.8 Å². The molecular weight excluding hydrogens is 295 g/mol. The summed E-state index contributed by atoms with van der Waals surface area (Å²) in [6.45, 7) is 3.45. The molecule has 0 saturated carbocycles. The van der Waals surface area contributed by atoms with E-state index in [0.29, 0.717) is 22.5 Å². The van der Waals surface area contributed by atoms with Crippen molar-refractivity contribution in [2.45, 2.75) is 18.9 Å². The molecule has 1 unspecified atom stereocenters. The molecule has 2 rings (SSSR count). The van der Waals surface area contributed by atoms with Crippen LogP contribution in [-0.4, -0.2) is 38.3 Å². The number of likely N-dealkylation sites (tertiary alicyclic amines) is 1. The first-order chi connectivity index (χ1) is 9.67. The molecule has 1 aromatic carbocycles. The number of rotatable bonds is 5. The number of halogens is 2. The third kappa shape index (κ3) is 3.66. The van der Waals surface area contributed by atoms with Crippen molar-refractivity contribution < 1.29 is 4.74 Å². The molecule has 3 nitrogen and oxygen atoms in total. The van der Waals surface area contributed by atoms with E-state index in [1.54, 1.807) is 7.11 Å². The smallest absolute Gasteiger partial charge is 0.0640 e. The van der Waals surface area contributed by atoms with Crippen LogP contribution >= 0.6 is 23.2 Å². The summed E-state index contributed by atoms with van der Waals surface area (Å²) in [5.74, 6) is 0.657. The van der Waals surface area contributed by atoms with Gasteiger partial charge < -0.3 is 10.5 Å². The second-order valence-electron chi connectivity index (χ2n) is 5.33. The third-order valence-corrected chi connectivity index (χ3v) is 4.89. The summed E-state index contributed by atoms with van der Waals surface area (Å²) in [5.41, 5.74) is 7.01. The van der Waals surface area contributed by atoms with Gasteiger partial charge in [0.1, 0.15) is 0 Å². The predicted molar refractivity (Wildman–Crippen MR) is 84.4 cm³/mol. The number of benzene rings is 1. The summed E-state index contributed by atoms with van der Waals surface area (Å²) in [4.78, 5) is 2.41. The van der Waals surface area contributed by atoms with E-state index in [1.165, 1.54) is 0 Å². The fraction of sp³-hybridized carbons (Fsp3) is 0.600. The lowest BCUT2D eigenvalue weighted by molar-refractivity contribution is 0.0811. The fourth-order valence-electron chi connectivity index (χ4n) is 2.92. The molecular formula is C15H22Cl2N2O. The molecule has 0 radical (unpaired) electrons. The van der Waals surface area contributed by atoms with Gasteiger partial charge in [-0.3, -0.25) is 4.90 Å². The van der Waals surface area contributed by atoms with Gasteiger partial charge in [0, 0.05) is 26.3 Å². The molecule has 112 valence electrons. The Labute approximate surface area is 131 Å². The van der Waals surface area contributed by atoms with Crippen molar-refractivity contribution in [2.75, 3.05) is 33.4 Å². The lowest BCUT2D eigenvalue weighted by Gasteiger charge is -2.37. The average molecular weight is 317 g/mol. The maximum absolute atomic E-state index is 6.33. The minimum absolute atomic E-state index is 0.143. The molecule has 1 aliphatic rings. The van der Waals surface area contributed by atoms with Gasteiger partial charge in [-0.2, -0.15) is 0 Å². The SMILES string of the molecule is COCC1CCN(C(CN)c2cccc(Cl)c2Cl)CC1. The Morgan fingerprint density at radius 3 is 2.65 bits per heavy atom. The highest BCUT2D eigenvalue weighted by Gasteiger charge is 2.26. The van der Waals surface area contributed by atoms with Gasteiger partial charge in [0.05, 0.1) is 10.0 Å². The third-order valence-electron chi connectivity index (χ3n) is 4.06. The van der Waals surface area contributed by atoms with Crippen LogP contribution in [0.1, 0.15) is 24.4 Å². The quantitative estimate of drug-likeness (QED) is 0.905. The van der Waals surface area contributed by atoms with Crippen LogP contribution in [0.15, 0.2) is 18.2 Å². The van der Waals surface area contributed by atoms with Gasteiger partial charge in [0.2, 0.25) is 0 Å². The van der Waals surface area contributed by atoms with E-state index < -0.39 is 0 Å². The van der Waals surface area contributed by atoms with Crippen LogP contribution in [0.2, 0.25) is 10.0 Å². The second-order valence-corrected chi connectivity index (χ2v) is 6.11. The van der Waals surface area contributed by atoms with Crippen molar-refractivity contribution in [1.82, 2.24) is 4.90 Å². The van der Waals surface area contributed by atoms with E-state index in [-0.39, 0.29) is 6.04 Å². The number of hydrogen-bond donors (Lipinski definition) is 1. The van der Waals surface area contributed by atoms with E-state index in [0.717, 1.165) is 38.1 Å². The molecule has 5 heteroatoms. The number of ether oxygens (including phenoxy) is 1. The van der Waals surface area contributed by atoms with Gasteiger partial charge in [0.25, 0.3) is 0 Å². The predicted octanol–water partition coefficient (Wildman–Crippen LogP) is 3.35. The normalized spacial score (nSPS) is 19.2. The molecule has 1 heterocycles. The lowest BCUT2D eigenvalue weighted by atomic mass is 9.95. The second kappa shape index (κ2) is 7.62. The summed E-state index contributed by atoms with van der Waals surface area (Å²) >= 11 is 12.4. The maximum atomic E-state index is 6.33. The first-order valence-corrected chi connectivity index (χ1v) is 7.80. The standard InChI is InChI=1S/C15H22Cl2N2O/c1-20-10-11-5-7-19(8-6-11)14(9-18)12-3-2-4-13(16)15(12)17/h2-4,11,14H,5-10,18H2,1H3. The van der Waals surface area contributed by atoms with Crippen LogP contribution in [0.5, 0.6) is 0 Å².